The van der Waals surface area contributed by atoms with Crippen molar-refractivity contribution in [2.75, 3.05) is 5.75 Å². The second-order valence-corrected chi connectivity index (χ2v) is 7.66. The highest BCUT2D eigenvalue weighted by Crippen LogP contribution is 2.25. The molecule has 4 aromatic rings. The Balaban J connectivity index is 1.51. The number of amides is 1. The monoisotopic (exact) mass is 419 g/mol. The molecule has 0 fully saturated rings. The summed E-state index contributed by atoms with van der Waals surface area (Å²) in [5, 5.41) is 12.3. The van der Waals surface area contributed by atoms with Gasteiger partial charge in [-0.05, 0) is 36.8 Å². The number of nitrogens with zero attached hydrogens (tertiary/aromatic N) is 4. The molecule has 0 spiro atoms. The molecule has 0 saturated carbocycles. The van der Waals surface area contributed by atoms with E-state index in [9.17, 15) is 4.79 Å². The first-order chi connectivity index (χ1) is 14.7. The fraction of sp³-hybridized carbons (Fsp3) is 0.182. The van der Waals surface area contributed by atoms with Gasteiger partial charge >= 0.3 is 0 Å². The highest BCUT2D eigenvalue weighted by Gasteiger charge is 2.17. The summed E-state index contributed by atoms with van der Waals surface area (Å²) in [6, 6.07) is 17.4. The van der Waals surface area contributed by atoms with Gasteiger partial charge < -0.3 is 9.73 Å². The molecule has 1 N–H and O–H groups in total. The smallest absolute Gasteiger partial charge is 0.231 e. The average Bonchev–Trinajstić information content (AvgIpc) is 3.44. The van der Waals surface area contributed by atoms with Crippen LogP contribution < -0.4 is 5.32 Å². The van der Waals surface area contributed by atoms with Crippen LogP contribution in [0.25, 0.3) is 11.4 Å². The first-order valence-corrected chi connectivity index (χ1v) is 10.5. The Morgan fingerprint density at radius 2 is 2.00 bits per heavy atom. The molecule has 8 heteroatoms. The van der Waals surface area contributed by atoms with E-state index in [1.54, 1.807) is 24.7 Å². The average molecular weight is 420 g/mol. The third-order valence-electron chi connectivity index (χ3n) is 4.50. The lowest BCUT2D eigenvalue weighted by Crippen LogP contribution is -2.28. The van der Waals surface area contributed by atoms with Gasteiger partial charge in [-0.2, -0.15) is 0 Å². The second-order valence-electron chi connectivity index (χ2n) is 6.71. The molecule has 1 unspecified atom stereocenters. The van der Waals surface area contributed by atoms with Gasteiger partial charge in [0.15, 0.2) is 11.0 Å². The van der Waals surface area contributed by atoms with E-state index in [0.29, 0.717) is 11.7 Å². The molecule has 0 aliphatic carbocycles. The Morgan fingerprint density at radius 3 is 2.73 bits per heavy atom. The zero-order valence-corrected chi connectivity index (χ0v) is 17.2. The summed E-state index contributed by atoms with van der Waals surface area (Å²) in [5.41, 5.74) is 2.00. The van der Waals surface area contributed by atoms with Crippen LogP contribution in [0.15, 0.2) is 82.8 Å². The Morgan fingerprint density at radius 1 is 1.13 bits per heavy atom. The van der Waals surface area contributed by atoms with E-state index in [1.807, 2.05) is 47.9 Å². The molecule has 0 saturated heterocycles. The minimum Gasteiger partial charge on any atom is -0.467 e. The van der Waals surface area contributed by atoms with Crippen LogP contribution in [0.5, 0.6) is 0 Å². The van der Waals surface area contributed by atoms with Crippen LogP contribution in [0.2, 0.25) is 0 Å². The van der Waals surface area contributed by atoms with Crippen LogP contribution in [0.3, 0.4) is 0 Å². The van der Waals surface area contributed by atoms with Gasteiger partial charge in [0.05, 0.1) is 24.6 Å². The third kappa shape index (κ3) is 4.77. The number of thioether (sulfide) groups is 1. The lowest BCUT2D eigenvalue weighted by Gasteiger charge is -2.12. The Bertz CT molecular complexity index is 1080. The van der Waals surface area contributed by atoms with Crippen LogP contribution in [0.4, 0.5) is 0 Å². The van der Waals surface area contributed by atoms with Gasteiger partial charge in [-0.3, -0.25) is 14.3 Å². The summed E-state index contributed by atoms with van der Waals surface area (Å²) in [4.78, 5) is 16.6. The molecule has 152 valence electrons. The van der Waals surface area contributed by atoms with Crippen molar-refractivity contribution in [1.82, 2.24) is 25.1 Å². The number of hydrogen-bond acceptors (Lipinski definition) is 6. The zero-order valence-electron chi connectivity index (χ0n) is 16.4. The molecule has 1 aromatic carbocycles. The second kappa shape index (κ2) is 9.41. The van der Waals surface area contributed by atoms with Crippen molar-refractivity contribution in [3.63, 3.8) is 0 Å². The molecule has 30 heavy (non-hydrogen) atoms. The summed E-state index contributed by atoms with van der Waals surface area (Å²) in [7, 11) is 0. The number of pyridine rings is 1. The number of hydrogen-bond donors (Lipinski definition) is 1. The fourth-order valence-corrected chi connectivity index (χ4v) is 3.78. The molecular weight excluding hydrogens is 398 g/mol. The highest BCUT2D eigenvalue weighted by molar-refractivity contribution is 7.99. The molecule has 0 aliphatic heterocycles. The predicted octanol–water partition coefficient (Wildman–Crippen LogP) is 3.95. The Hall–Kier alpha value is -3.39. The van der Waals surface area contributed by atoms with E-state index in [4.69, 9.17) is 4.42 Å². The largest absolute Gasteiger partial charge is 0.467 e. The van der Waals surface area contributed by atoms with Gasteiger partial charge in [-0.15, -0.1) is 10.2 Å². The van der Waals surface area contributed by atoms with E-state index in [-0.39, 0.29) is 17.7 Å². The zero-order chi connectivity index (χ0) is 20.8. The van der Waals surface area contributed by atoms with Gasteiger partial charge in [0.1, 0.15) is 5.76 Å². The number of aromatic nitrogens is 4. The van der Waals surface area contributed by atoms with Crippen molar-refractivity contribution in [2.24, 2.45) is 0 Å². The maximum absolute atomic E-state index is 12.4. The fourth-order valence-electron chi connectivity index (χ4n) is 3.03. The van der Waals surface area contributed by atoms with E-state index in [2.05, 4.69) is 32.6 Å². The van der Waals surface area contributed by atoms with Gasteiger partial charge in [-0.25, -0.2) is 0 Å². The molecule has 0 radical (unpaired) electrons. The summed E-state index contributed by atoms with van der Waals surface area (Å²) < 4.78 is 7.36. The normalized spacial score (nSPS) is 11.9. The predicted molar refractivity (Wildman–Crippen MR) is 115 cm³/mol. The topological polar surface area (TPSA) is 85.8 Å². The molecule has 4 rings (SSSR count). The molecule has 0 aliphatic rings. The van der Waals surface area contributed by atoms with E-state index in [0.717, 1.165) is 22.7 Å². The van der Waals surface area contributed by atoms with Crippen LogP contribution in [-0.2, 0) is 11.3 Å². The van der Waals surface area contributed by atoms with Gasteiger partial charge in [-0.1, -0.05) is 42.1 Å². The lowest BCUT2D eigenvalue weighted by atomic mass is 10.2. The molecule has 7 nitrogen and oxygen atoms in total. The number of carbonyl (C=O) groups is 1. The summed E-state index contributed by atoms with van der Waals surface area (Å²) in [5.74, 6) is 1.57. The van der Waals surface area contributed by atoms with Crippen LogP contribution in [0.1, 0.15) is 24.3 Å². The molecule has 0 bridgehead atoms. The molecular formula is C22H21N5O2S. The first-order valence-electron chi connectivity index (χ1n) is 9.54. The molecule has 1 atom stereocenters. The van der Waals surface area contributed by atoms with E-state index >= 15 is 0 Å². The maximum atomic E-state index is 12.4. The highest BCUT2D eigenvalue weighted by atomic mass is 32.2. The quantitative estimate of drug-likeness (QED) is 0.435. The van der Waals surface area contributed by atoms with Gasteiger partial charge in [0.25, 0.3) is 0 Å². The summed E-state index contributed by atoms with van der Waals surface area (Å²) >= 11 is 1.36. The SMILES string of the molecule is CC(NC(=O)CSc1nnc(-c2cccnc2)n1Cc1ccccc1)c1ccco1. The standard InChI is InChI=1S/C22H21N5O2S/c1-16(19-10-6-12-29-19)24-20(28)15-30-22-26-25-21(18-9-5-11-23-13-18)27(22)14-17-7-3-2-4-8-17/h2-13,16H,14-15H2,1H3,(H,24,28). The summed E-state index contributed by atoms with van der Waals surface area (Å²) in [6.07, 6.45) is 5.08. The number of furan rings is 1. The van der Waals surface area contributed by atoms with Crippen molar-refractivity contribution in [3.8, 4) is 11.4 Å². The number of benzene rings is 1. The lowest BCUT2D eigenvalue weighted by molar-refractivity contribution is -0.119. The maximum Gasteiger partial charge on any atom is 0.231 e. The van der Waals surface area contributed by atoms with Gasteiger partial charge in [0.2, 0.25) is 5.91 Å². The molecule has 3 heterocycles. The number of rotatable bonds is 8. The number of carbonyl (C=O) groups excluding carboxylic acids is 1. The van der Waals surface area contributed by atoms with Crippen molar-refractivity contribution in [1.29, 1.82) is 0 Å². The third-order valence-corrected chi connectivity index (χ3v) is 5.47. The van der Waals surface area contributed by atoms with Gasteiger partial charge in [0, 0.05) is 18.0 Å². The van der Waals surface area contributed by atoms with Crippen LogP contribution in [0, 0.1) is 0 Å². The minimum atomic E-state index is -0.193. The van der Waals surface area contributed by atoms with Crippen molar-refractivity contribution >= 4 is 17.7 Å². The molecule has 1 amide bonds. The van der Waals surface area contributed by atoms with Crippen molar-refractivity contribution in [3.05, 3.63) is 84.6 Å². The van der Waals surface area contributed by atoms with Crippen LogP contribution >= 0.6 is 11.8 Å². The Labute approximate surface area is 178 Å². The van der Waals surface area contributed by atoms with Crippen LogP contribution in [-0.4, -0.2) is 31.4 Å². The first kappa shape index (κ1) is 19.9. The minimum absolute atomic E-state index is 0.0962. The van der Waals surface area contributed by atoms with E-state index < -0.39 is 0 Å². The number of nitrogens with one attached hydrogen (secondary N) is 1. The summed E-state index contributed by atoms with van der Waals surface area (Å²) in [6.45, 7) is 2.49. The van der Waals surface area contributed by atoms with E-state index in [1.165, 1.54) is 11.8 Å². The Kier molecular flexibility index (Phi) is 6.24. The molecule has 3 aromatic heterocycles. The van der Waals surface area contributed by atoms with Crippen molar-refractivity contribution < 1.29 is 9.21 Å². The van der Waals surface area contributed by atoms with Crippen molar-refractivity contribution in [2.45, 2.75) is 24.7 Å².